The number of ether oxygens (including phenoxy) is 2. The van der Waals surface area contributed by atoms with Crippen molar-refractivity contribution in [1.29, 1.82) is 0 Å². The van der Waals surface area contributed by atoms with Gasteiger partial charge in [0.2, 0.25) is 0 Å². The summed E-state index contributed by atoms with van der Waals surface area (Å²) < 4.78 is 14.0. The van der Waals surface area contributed by atoms with Gasteiger partial charge in [-0.15, -0.1) is 11.6 Å². The molecule has 0 fully saturated rings. The van der Waals surface area contributed by atoms with Crippen molar-refractivity contribution in [3.05, 3.63) is 39.8 Å². The summed E-state index contributed by atoms with van der Waals surface area (Å²) in [5, 5.41) is 6.19. The van der Waals surface area contributed by atoms with E-state index in [1.807, 2.05) is 42.3 Å². The predicted molar refractivity (Wildman–Crippen MR) is 135 cm³/mol. The van der Waals surface area contributed by atoms with Crippen molar-refractivity contribution >= 4 is 46.0 Å². The van der Waals surface area contributed by atoms with E-state index in [9.17, 15) is 9.59 Å². The van der Waals surface area contributed by atoms with Crippen LogP contribution in [0.15, 0.2) is 12.1 Å². The van der Waals surface area contributed by atoms with Crippen LogP contribution in [0.25, 0.3) is 22.0 Å². The number of aryl methyl sites for hydroxylation is 3. The molecule has 2 aromatic heterocycles. The van der Waals surface area contributed by atoms with E-state index in [0.717, 1.165) is 58.4 Å². The number of rotatable bonds is 7. The lowest BCUT2D eigenvalue weighted by molar-refractivity contribution is -0.141. The molecule has 7 nitrogen and oxygen atoms in total. The summed E-state index contributed by atoms with van der Waals surface area (Å²) in [7, 11) is 3.21. The first-order valence-corrected chi connectivity index (χ1v) is 12.5. The van der Waals surface area contributed by atoms with Crippen LogP contribution in [0.5, 0.6) is 0 Å². The maximum atomic E-state index is 12.8. The topological polar surface area (TPSA) is 75.4 Å². The van der Waals surface area contributed by atoms with Crippen molar-refractivity contribution in [2.45, 2.75) is 58.9 Å². The molecule has 1 aliphatic rings. The lowest BCUT2D eigenvalue weighted by Crippen LogP contribution is -2.11. The number of methoxy groups -OCH3 is 1. The van der Waals surface area contributed by atoms with E-state index in [1.54, 1.807) is 0 Å². The molecule has 4 rings (SSSR count). The molecule has 0 atom stereocenters. The van der Waals surface area contributed by atoms with Crippen LogP contribution in [-0.4, -0.2) is 40.0 Å². The lowest BCUT2D eigenvalue weighted by Gasteiger charge is -2.11. The van der Waals surface area contributed by atoms with Gasteiger partial charge in [0.05, 0.1) is 35.8 Å². The van der Waals surface area contributed by atoms with Crippen LogP contribution in [-0.2, 0) is 46.6 Å². The molecule has 1 aliphatic heterocycles. The molecule has 3 heterocycles. The first-order valence-electron chi connectivity index (χ1n) is 11.5. The van der Waals surface area contributed by atoms with Crippen molar-refractivity contribution in [2.75, 3.05) is 13.7 Å². The van der Waals surface area contributed by atoms with Crippen LogP contribution in [0.1, 0.15) is 61.1 Å². The average molecular weight is 508 g/mol. The van der Waals surface area contributed by atoms with Crippen molar-refractivity contribution in [2.24, 2.45) is 7.05 Å². The van der Waals surface area contributed by atoms with Gasteiger partial charge >= 0.3 is 11.9 Å². The summed E-state index contributed by atoms with van der Waals surface area (Å²) in [5.41, 5.74) is 5.84. The first kappa shape index (κ1) is 26.1. The zero-order valence-corrected chi connectivity index (χ0v) is 21.8. The Labute approximate surface area is 209 Å². The van der Waals surface area contributed by atoms with Crippen molar-refractivity contribution < 1.29 is 19.1 Å². The van der Waals surface area contributed by atoms with Gasteiger partial charge in [-0.05, 0) is 37.3 Å². The minimum absolute atomic E-state index is 0.269. The van der Waals surface area contributed by atoms with E-state index in [0.29, 0.717) is 23.6 Å². The molecule has 9 heteroatoms. The van der Waals surface area contributed by atoms with Gasteiger partial charge in [-0.3, -0.25) is 9.48 Å². The second-order valence-corrected chi connectivity index (χ2v) is 8.54. The zero-order chi connectivity index (χ0) is 25.0. The second kappa shape index (κ2) is 11.3. The standard InChI is InChI=1S/C23H25Cl2N3O4.C2H6/c1-13(29)32-11-5-6-14-15-8-9-16(25)19(21(15)27(2)22(14)23(30)31-3)20-17(12-24)26-28-10-4-7-18(20)28;1-2/h8-9H,4-7,10-12H2,1-3H3;1-2H3. The highest BCUT2D eigenvalue weighted by molar-refractivity contribution is 6.35. The van der Waals surface area contributed by atoms with Gasteiger partial charge in [0.25, 0.3) is 0 Å². The number of hydrogen-bond donors (Lipinski definition) is 0. The van der Waals surface area contributed by atoms with Crippen LogP contribution in [0.4, 0.5) is 0 Å². The molecule has 0 unspecified atom stereocenters. The van der Waals surface area contributed by atoms with Crippen LogP contribution in [0.2, 0.25) is 5.02 Å². The third-order valence-electron chi connectivity index (χ3n) is 5.95. The maximum absolute atomic E-state index is 12.8. The van der Waals surface area contributed by atoms with Crippen LogP contribution in [0.3, 0.4) is 0 Å². The molecular formula is C25H31Cl2N3O4. The molecule has 0 spiro atoms. The number of esters is 2. The van der Waals surface area contributed by atoms with Gasteiger partial charge in [-0.1, -0.05) is 31.5 Å². The van der Waals surface area contributed by atoms with E-state index in [2.05, 4.69) is 0 Å². The highest BCUT2D eigenvalue weighted by Gasteiger charge is 2.29. The van der Waals surface area contributed by atoms with Crippen LogP contribution in [0, 0.1) is 0 Å². The average Bonchev–Trinajstić information content (AvgIpc) is 3.50. The van der Waals surface area contributed by atoms with Crippen molar-refractivity contribution in [3.8, 4) is 11.1 Å². The fourth-order valence-electron chi connectivity index (χ4n) is 4.68. The van der Waals surface area contributed by atoms with Crippen LogP contribution >= 0.6 is 23.2 Å². The summed E-state index contributed by atoms with van der Waals surface area (Å²) >= 11 is 13.0. The Kier molecular flexibility index (Phi) is 8.66. The number of fused-ring (bicyclic) bond motifs is 2. The number of aromatic nitrogens is 3. The normalized spacial score (nSPS) is 12.3. The number of hydrogen-bond acceptors (Lipinski definition) is 5. The molecule has 0 aliphatic carbocycles. The highest BCUT2D eigenvalue weighted by Crippen LogP contribution is 2.43. The number of alkyl halides is 1. The Morgan fingerprint density at radius 2 is 1.94 bits per heavy atom. The lowest BCUT2D eigenvalue weighted by atomic mass is 9.97. The third-order valence-corrected chi connectivity index (χ3v) is 6.52. The number of nitrogens with zero attached hydrogens (tertiary/aromatic N) is 3. The molecule has 184 valence electrons. The maximum Gasteiger partial charge on any atom is 0.354 e. The fourth-order valence-corrected chi connectivity index (χ4v) is 5.12. The highest BCUT2D eigenvalue weighted by atomic mass is 35.5. The Balaban J connectivity index is 0.00000158. The fraction of sp³-hybridized carbons (Fsp3) is 0.480. The van der Waals surface area contributed by atoms with E-state index in [-0.39, 0.29) is 18.5 Å². The summed E-state index contributed by atoms with van der Waals surface area (Å²) in [5.74, 6) is -0.481. The Morgan fingerprint density at radius 1 is 1.21 bits per heavy atom. The monoisotopic (exact) mass is 507 g/mol. The predicted octanol–water partition coefficient (Wildman–Crippen LogP) is 5.69. The largest absolute Gasteiger partial charge is 0.466 e. The molecule has 1 aromatic carbocycles. The molecule has 0 bridgehead atoms. The molecule has 0 radical (unpaired) electrons. The van der Waals surface area contributed by atoms with Crippen molar-refractivity contribution in [3.63, 3.8) is 0 Å². The van der Waals surface area contributed by atoms with E-state index in [4.69, 9.17) is 37.8 Å². The Hall–Kier alpha value is -2.51. The molecule has 34 heavy (non-hydrogen) atoms. The van der Waals surface area contributed by atoms with Gasteiger partial charge in [0.1, 0.15) is 5.69 Å². The molecule has 0 amide bonds. The summed E-state index contributed by atoms with van der Waals surface area (Å²) in [6.07, 6.45) is 3.05. The van der Waals surface area contributed by atoms with Gasteiger partial charge in [0, 0.05) is 42.7 Å². The summed E-state index contributed by atoms with van der Waals surface area (Å²) in [4.78, 5) is 23.9. The smallest absolute Gasteiger partial charge is 0.354 e. The van der Waals surface area contributed by atoms with Crippen LogP contribution < -0.4 is 0 Å². The number of benzene rings is 1. The van der Waals surface area contributed by atoms with Gasteiger partial charge in [-0.25, -0.2) is 4.79 Å². The third kappa shape index (κ3) is 4.68. The second-order valence-electron chi connectivity index (χ2n) is 7.87. The summed E-state index contributed by atoms with van der Waals surface area (Å²) in [6.45, 7) is 6.51. The molecule has 0 saturated carbocycles. The Bertz CT molecular complexity index is 1210. The molecular weight excluding hydrogens is 477 g/mol. The first-order chi connectivity index (χ1) is 16.4. The number of carbonyl (C=O) groups is 2. The van der Waals surface area contributed by atoms with Gasteiger partial charge < -0.3 is 14.0 Å². The van der Waals surface area contributed by atoms with Crippen molar-refractivity contribution in [1.82, 2.24) is 14.3 Å². The number of halogens is 2. The molecule has 3 aromatic rings. The summed E-state index contributed by atoms with van der Waals surface area (Å²) in [6, 6.07) is 3.78. The van der Waals surface area contributed by atoms with E-state index >= 15 is 0 Å². The minimum Gasteiger partial charge on any atom is -0.466 e. The van der Waals surface area contributed by atoms with Gasteiger partial charge in [0.15, 0.2) is 0 Å². The van der Waals surface area contributed by atoms with Gasteiger partial charge in [-0.2, -0.15) is 5.10 Å². The Morgan fingerprint density at radius 3 is 2.59 bits per heavy atom. The number of carbonyl (C=O) groups excluding carboxylic acids is 2. The zero-order valence-electron chi connectivity index (χ0n) is 20.3. The van der Waals surface area contributed by atoms with E-state index in [1.165, 1.54) is 14.0 Å². The van der Waals surface area contributed by atoms with E-state index < -0.39 is 5.97 Å². The minimum atomic E-state index is -0.425. The SMILES string of the molecule is CC.COC(=O)c1c(CCCOC(C)=O)c2ccc(Cl)c(-c3c(CCl)nn4c3CCC4)c2n1C. The quantitative estimate of drug-likeness (QED) is 0.233. The molecule has 0 N–H and O–H groups in total. The molecule has 0 saturated heterocycles.